The zero-order valence-corrected chi connectivity index (χ0v) is 14.6. The minimum absolute atomic E-state index is 0.164. The zero-order valence-electron chi connectivity index (χ0n) is 13.8. The number of primary sulfonamides is 1. The van der Waals surface area contributed by atoms with E-state index in [0.29, 0.717) is 18.8 Å². The van der Waals surface area contributed by atoms with Gasteiger partial charge >= 0.3 is 0 Å². The molecule has 9 heteroatoms. The number of H-pyrrole nitrogens is 1. The molecule has 1 unspecified atom stereocenters. The number of hydrogen-bond acceptors (Lipinski definition) is 5. The number of nitrogens with two attached hydrogens (primary N) is 1. The summed E-state index contributed by atoms with van der Waals surface area (Å²) in [5, 5.41) is 16.4. The Morgan fingerprint density at radius 1 is 1.27 bits per heavy atom. The molecule has 4 rings (SSSR count). The second-order valence-electron chi connectivity index (χ2n) is 6.41. The van der Waals surface area contributed by atoms with Crippen LogP contribution in [0, 0.1) is 5.82 Å². The molecule has 7 nitrogen and oxygen atoms in total. The molecule has 3 aromatic rings. The Hall–Kier alpha value is -2.65. The van der Waals surface area contributed by atoms with E-state index in [0.717, 1.165) is 29.1 Å². The molecule has 1 fully saturated rings. The van der Waals surface area contributed by atoms with E-state index >= 15 is 0 Å². The van der Waals surface area contributed by atoms with Crippen molar-refractivity contribution < 1.29 is 12.8 Å². The van der Waals surface area contributed by atoms with Crippen LogP contribution >= 0.6 is 0 Å². The quantitative estimate of drug-likeness (QED) is 0.647. The minimum Gasteiger partial charge on any atom is -0.380 e. The third-order valence-electron chi connectivity index (χ3n) is 4.59. The molecule has 0 saturated carbocycles. The van der Waals surface area contributed by atoms with Crippen LogP contribution in [-0.4, -0.2) is 37.7 Å². The van der Waals surface area contributed by atoms with Crippen molar-refractivity contribution >= 4 is 32.3 Å². The molecule has 136 valence electrons. The van der Waals surface area contributed by atoms with E-state index in [2.05, 4.69) is 15.5 Å². The summed E-state index contributed by atoms with van der Waals surface area (Å²) in [5.41, 5.74) is 2.34. The minimum atomic E-state index is -3.91. The third kappa shape index (κ3) is 3.23. The van der Waals surface area contributed by atoms with Gasteiger partial charge in [-0.15, -0.1) is 0 Å². The lowest BCUT2D eigenvalue weighted by Gasteiger charge is -2.20. The van der Waals surface area contributed by atoms with Gasteiger partial charge in [0.2, 0.25) is 10.0 Å². The van der Waals surface area contributed by atoms with E-state index < -0.39 is 15.8 Å². The number of nitrogens with zero attached hydrogens (tertiary/aromatic N) is 2. The maximum atomic E-state index is 14.3. The first kappa shape index (κ1) is 16.8. The zero-order chi connectivity index (χ0) is 18.3. The number of benzene rings is 2. The molecular formula is C17H18FN5O2S. The molecule has 1 saturated heterocycles. The summed E-state index contributed by atoms with van der Waals surface area (Å²) < 4.78 is 37.0. The van der Waals surface area contributed by atoms with Crippen molar-refractivity contribution in [2.75, 3.05) is 23.3 Å². The van der Waals surface area contributed by atoms with Gasteiger partial charge in [-0.1, -0.05) is 0 Å². The number of fused-ring (bicyclic) bond motifs is 1. The van der Waals surface area contributed by atoms with Crippen LogP contribution in [0.25, 0.3) is 10.9 Å². The maximum absolute atomic E-state index is 14.3. The predicted molar refractivity (Wildman–Crippen MR) is 98.1 cm³/mol. The van der Waals surface area contributed by atoms with Gasteiger partial charge in [-0.25, -0.2) is 17.9 Å². The molecule has 0 aliphatic carbocycles. The van der Waals surface area contributed by atoms with E-state index in [4.69, 9.17) is 5.14 Å². The van der Waals surface area contributed by atoms with E-state index in [9.17, 15) is 12.8 Å². The monoisotopic (exact) mass is 375 g/mol. The van der Waals surface area contributed by atoms with Crippen molar-refractivity contribution in [3.63, 3.8) is 0 Å². The summed E-state index contributed by atoms with van der Waals surface area (Å²) in [6, 6.07) is 9.89. The van der Waals surface area contributed by atoms with Gasteiger partial charge in [-0.05, 0) is 42.8 Å². The Morgan fingerprint density at radius 2 is 2.12 bits per heavy atom. The Bertz CT molecular complexity index is 1070. The summed E-state index contributed by atoms with van der Waals surface area (Å²) >= 11 is 0. The highest BCUT2D eigenvalue weighted by molar-refractivity contribution is 7.89. The lowest BCUT2D eigenvalue weighted by atomic mass is 10.2. The van der Waals surface area contributed by atoms with Gasteiger partial charge in [0.15, 0.2) is 0 Å². The standard InChI is InChI=1S/C17H18FN5O2S/c18-15-8-14(26(19,24)25)2-4-17(15)23-6-5-13(10-23)21-12-1-3-16-11(7-12)9-20-22-16/h1-4,7-9,13,21H,5-6,10H2,(H,20,22)(H2,19,24,25). The van der Waals surface area contributed by atoms with Gasteiger partial charge in [0.25, 0.3) is 0 Å². The highest BCUT2D eigenvalue weighted by Gasteiger charge is 2.25. The number of sulfonamides is 1. The van der Waals surface area contributed by atoms with Crippen LogP contribution in [0.1, 0.15) is 6.42 Å². The van der Waals surface area contributed by atoms with Crippen LogP contribution in [-0.2, 0) is 10.0 Å². The Balaban J connectivity index is 1.48. The summed E-state index contributed by atoms with van der Waals surface area (Å²) in [4.78, 5) is 1.68. The van der Waals surface area contributed by atoms with Crippen molar-refractivity contribution in [3.8, 4) is 0 Å². The average molecular weight is 375 g/mol. The number of halogens is 1. The SMILES string of the molecule is NS(=O)(=O)c1ccc(N2CCC(Nc3ccc4[nH]ncc4c3)C2)c(F)c1. The number of rotatable bonds is 4. The highest BCUT2D eigenvalue weighted by atomic mass is 32.2. The van der Waals surface area contributed by atoms with Crippen molar-refractivity contribution in [2.24, 2.45) is 5.14 Å². The fourth-order valence-corrected chi connectivity index (χ4v) is 3.81. The molecule has 1 aliphatic heterocycles. The van der Waals surface area contributed by atoms with Crippen LogP contribution in [0.15, 0.2) is 47.5 Å². The summed E-state index contributed by atoms with van der Waals surface area (Å²) in [6.07, 6.45) is 2.61. The molecule has 0 spiro atoms. The van der Waals surface area contributed by atoms with Crippen LogP contribution in [0.4, 0.5) is 15.8 Å². The Morgan fingerprint density at radius 3 is 2.88 bits per heavy atom. The molecule has 1 aliphatic rings. The number of aromatic nitrogens is 2. The van der Waals surface area contributed by atoms with Crippen molar-refractivity contribution in [3.05, 3.63) is 48.4 Å². The number of hydrogen-bond donors (Lipinski definition) is 3. The summed E-state index contributed by atoms with van der Waals surface area (Å²) in [7, 11) is -3.91. The molecule has 4 N–H and O–H groups in total. The van der Waals surface area contributed by atoms with Crippen LogP contribution in [0.3, 0.4) is 0 Å². The number of nitrogens with one attached hydrogen (secondary N) is 2. The molecule has 0 radical (unpaired) electrons. The topological polar surface area (TPSA) is 104 Å². The fourth-order valence-electron chi connectivity index (χ4n) is 3.29. The van der Waals surface area contributed by atoms with Gasteiger partial charge in [-0.2, -0.15) is 5.10 Å². The van der Waals surface area contributed by atoms with Crippen LogP contribution < -0.4 is 15.4 Å². The first-order valence-corrected chi connectivity index (χ1v) is 9.72. The van der Waals surface area contributed by atoms with Crippen molar-refractivity contribution in [1.29, 1.82) is 0 Å². The second kappa shape index (κ2) is 6.26. The molecular weight excluding hydrogens is 357 g/mol. The summed E-state index contributed by atoms with van der Waals surface area (Å²) in [5.74, 6) is -0.586. The van der Waals surface area contributed by atoms with Crippen molar-refractivity contribution in [1.82, 2.24) is 10.2 Å². The van der Waals surface area contributed by atoms with E-state index in [1.54, 1.807) is 6.20 Å². The van der Waals surface area contributed by atoms with Crippen LogP contribution in [0.2, 0.25) is 0 Å². The maximum Gasteiger partial charge on any atom is 0.238 e. The molecule has 1 aromatic heterocycles. The van der Waals surface area contributed by atoms with Gasteiger partial charge in [0.05, 0.1) is 22.3 Å². The lowest BCUT2D eigenvalue weighted by molar-refractivity contribution is 0.591. The fraction of sp³-hybridized carbons (Fsp3) is 0.235. The summed E-state index contributed by atoms with van der Waals surface area (Å²) in [6.45, 7) is 1.30. The van der Waals surface area contributed by atoms with E-state index in [1.807, 2.05) is 23.1 Å². The van der Waals surface area contributed by atoms with Gasteiger partial charge in [0.1, 0.15) is 5.82 Å². The molecule has 0 bridgehead atoms. The average Bonchev–Trinajstić information content (AvgIpc) is 3.22. The normalized spacial score (nSPS) is 17.8. The number of aromatic amines is 1. The molecule has 26 heavy (non-hydrogen) atoms. The van der Waals surface area contributed by atoms with E-state index in [-0.39, 0.29) is 10.9 Å². The lowest BCUT2D eigenvalue weighted by Crippen LogP contribution is -2.26. The van der Waals surface area contributed by atoms with Gasteiger partial charge in [0, 0.05) is 30.2 Å². The third-order valence-corrected chi connectivity index (χ3v) is 5.50. The predicted octanol–water partition coefficient (Wildman–Crippen LogP) is 2.04. The van der Waals surface area contributed by atoms with Gasteiger partial charge < -0.3 is 10.2 Å². The Labute approximate surface area is 150 Å². The highest BCUT2D eigenvalue weighted by Crippen LogP contribution is 2.27. The smallest absolute Gasteiger partial charge is 0.238 e. The largest absolute Gasteiger partial charge is 0.380 e. The molecule has 1 atom stereocenters. The first-order chi connectivity index (χ1) is 12.4. The van der Waals surface area contributed by atoms with Crippen LogP contribution in [0.5, 0.6) is 0 Å². The van der Waals surface area contributed by atoms with Crippen molar-refractivity contribution in [2.45, 2.75) is 17.4 Å². The molecule has 2 aromatic carbocycles. The molecule has 0 amide bonds. The second-order valence-corrected chi connectivity index (χ2v) is 7.97. The molecule has 2 heterocycles. The Kier molecular flexibility index (Phi) is 4.04. The number of anilines is 2. The first-order valence-electron chi connectivity index (χ1n) is 8.17. The van der Waals surface area contributed by atoms with Gasteiger partial charge in [-0.3, -0.25) is 5.10 Å². The van der Waals surface area contributed by atoms with E-state index in [1.165, 1.54) is 12.1 Å².